The minimum Gasteiger partial charge on any atom is -0.497 e. The van der Waals surface area contributed by atoms with Crippen LogP contribution in [0, 0.1) is 12.3 Å². The molecule has 22 heavy (non-hydrogen) atoms. The third kappa shape index (κ3) is 2.91. The number of ether oxygens (including phenoxy) is 1. The Labute approximate surface area is 130 Å². The summed E-state index contributed by atoms with van der Waals surface area (Å²) >= 11 is 0. The molecule has 1 unspecified atom stereocenters. The molecule has 2 N–H and O–H groups in total. The molecule has 0 amide bonds. The van der Waals surface area contributed by atoms with Crippen LogP contribution in [-0.2, 0) is 5.60 Å². The minimum absolute atomic E-state index is 0.469. The molecule has 2 aromatic rings. The summed E-state index contributed by atoms with van der Waals surface area (Å²) in [5.41, 5.74) is 0.255. The van der Waals surface area contributed by atoms with Gasteiger partial charge in [-0.25, -0.2) is 0 Å². The van der Waals surface area contributed by atoms with Gasteiger partial charge in [-0.15, -0.1) is 6.42 Å². The van der Waals surface area contributed by atoms with Gasteiger partial charge in [0.25, 0.3) is 0 Å². The lowest BCUT2D eigenvalue weighted by molar-refractivity contribution is 0.145. The summed E-state index contributed by atoms with van der Waals surface area (Å²) in [5, 5.41) is 21.6. The van der Waals surface area contributed by atoms with E-state index in [0.717, 1.165) is 5.06 Å². The van der Waals surface area contributed by atoms with Gasteiger partial charge in [0, 0.05) is 17.7 Å². The summed E-state index contributed by atoms with van der Waals surface area (Å²) in [6.45, 7) is 2.31. The number of benzene rings is 2. The van der Waals surface area contributed by atoms with Crippen LogP contribution in [0.25, 0.3) is 0 Å². The Hall–Kier alpha value is -2.48. The van der Waals surface area contributed by atoms with Crippen molar-refractivity contribution < 1.29 is 15.1 Å². The lowest BCUT2D eigenvalue weighted by Gasteiger charge is -2.24. The van der Waals surface area contributed by atoms with Gasteiger partial charge in [-0.05, 0) is 31.2 Å². The van der Waals surface area contributed by atoms with Crippen molar-refractivity contribution in [3.63, 3.8) is 0 Å². The third-order valence-electron chi connectivity index (χ3n) is 3.60. The molecule has 0 spiro atoms. The smallest absolute Gasteiger partial charge is 0.176 e. The fourth-order valence-corrected chi connectivity index (χ4v) is 2.22. The molecule has 4 nitrogen and oxygen atoms in total. The molecule has 0 aliphatic carbocycles. The average Bonchev–Trinajstić information content (AvgIpc) is 2.60. The Morgan fingerprint density at radius 3 is 2.00 bits per heavy atom. The molecule has 0 fully saturated rings. The minimum atomic E-state index is -1.53. The Morgan fingerprint density at radius 2 is 1.59 bits per heavy atom. The summed E-state index contributed by atoms with van der Waals surface area (Å²) in [6, 6.07) is 13.8. The number of hydrogen-bond acceptors (Lipinski definition) is 4. The average molecular weight is 297 g/mol. The number of terminal acetylenes is 1. The van der Waals surface area contributed by atoms with Gasteiger partial charge in [-0.3, -0.25) is 10.3 Å². The normalized spacial score (nSPS) is 13.0. The Kier molecular flexibility index (Phi) is 4.71. The van der Waals surface area contributed by atoms with Crippen LogP contribution in [0.5, 0.6) is 5.75 Å². The van der Waals surface area contributed by atoms with E-state index in [1.54, 1.807) is 55.6 Å². The van der Waals surface area contributed by atoms with Gasteiger partial charge in [0.1, 0.15) is 5.75 Å². The van der Waals surface area contributed by atoms with E-state index in [2.05, 4.69) is 5.92 Å². The molecule has 0 aromatic heterocycles. The second-order valence-electron chi connectivity index (χ2n) is 4.85. The summed E-state index contributed by atoms with van der Waals surface area (Å²) in [4.78, 5) is 0. The second kappa shape index (κ2) is 6.52. The van der Waals surface area contributed by atoms with E-state index in [1.807, 2.05) is 6.92 Å². The summed E-state index contributed by atoms with van der Waals surface area (Å²) in [7, 11) is 1.58. The highest BCUT2D eigenvalue weighted by Crippen LogP contribution is 2.31. The van der Waals surface area contributed by atoms with E-state index in [1.165, 1.54) is 0 Å². The van der Waals surface area contributed by atoms with Crippen molar-refractivity contribution in [3.8, 4) is 18.1 Å². The lowest BCUT2D eigenvalue weighted by Crippen LogP contribution is -2.25. The van der Waals surface area contributed by atoms with E-state index in [-0.39, 0.29) is 0 Å². The van der Waals surface area contributed by atoms with Gasteiger partial charge in [-0.1, -0.05) is 30.2 Å². The fraction of sp³-hybridized carbons (Fsp3) is 0.222. The molecule has 0 radical (unpaired) electrons. The monoisotopic (exact) mass is 297 g/mol. The topological polar surface area (TPSA) is 52.9 Å². The number of methoxy groups -OCH3 is 1. The van der Waals surface area contributed by atoms with Crippen molar-refractivity contribution in [1.29, 1.82) is 0 Å². The number of rotatable bonds is 5. The first-order valence-electron chi connectivity index (χ1n) is 6.96. The SMILES string of the molecule is C#CC(O)(c1ccc(OC)cc1)c1ccc(N(O)CC)cc1. The Morgan fingerprint density at radius 1 is 1.09 bits per heavy atom. The molecule has 0 bridgehead atoms. The lowest BCUT2D eigenvalue weighted by atomic mass is 9.87. The van der Waals surface area contributed by atoms with Crippen LogP contribution in [0.1, 0.15) is 18.1 Å². The number of hydroxylamine groups is 1. The predicted molar refractivity (Wildman–Crippen MR) is 86.1 cm³/mol. The van der Waals surface area contributed by atoms with Crippen LogP contribution in [0.3, 0.4) is 0 Å². The van der Waals surface area contributed by atoms with Gasteiger partial charge in [0.2, 0.25) is 0 Å². The van der Waals surface area contributed by atoms with Crippen LogP contribution in [-0.4, -0.2) is 24.0 Å². The van der Waals surface area contributed by atoms with Gasteiger partial charge < -0.3 is 9.84 Å². The largest absolute Gasteiger partial charge is 0.497 e. The first-order valence-corrected chi connectivity index (χ1v) is 6.96. The van der Waals surface area contributed by atoms with Crippen molar-refractivity contribution >= 4 is 5.69 Å². The van der Waals surface area contributed by atoms with Crippen LogP contribution in [0.2, 0.25) is 0 Å². The first-order chi connectivity index (χ1) is 10.5. The third-order valence-corrected chi connectivity index (χ3v) is 3.60. The molecule has 114 valence electrons. The molecule has 0 saturated heterocycles. The van der Waals surface area contributed by atoms with Gasteiger partial charge >= 0.3 is 0 Å². The zero-order chi connectivity index (χ0) is 16.2. The van der Waals surface area contributed by atoms with Gasteiger partial charge in [-0.2, -0.15) is 0 Å². The number of aliphatic hydroxyl groups is 1. The van der Waals surface area contributed by atoms with Crippen LogP contribution in [0.15, 0.2) is 48.5 Å². The first kappa shape index (κ1) is 15.9. The number of anilines is 1. The van der Waals surface area contributed by atoms with Crippen LogP contribution in [0.4, 0.5) is 5.69 Å². The Balaban J connectivity index is 2.39. The van der Waals surface area contributed by atoms with E-state index in [0.29, 0.717) is 29.1 Å². The highest BCUT2D eigenvalue weighted by molar-refractivity contribution is 5.51. The summed E-state index contributed by atoms with van der Waals surface area (Å²) in [5.74, 6) is 3.14. The molecule has 0 aliphatic rings. The van der Waals surface area contributed by atoms with Crippen molar-refractivity contribution in [2.24, 2.45) is 0 Å². The zero-order valence-electron chi connectivity index (χ0n) is 12.7. The van der Waals surface area contributed by atoms with Crippen molar-refractivity contribution in [1.82, 2.24) is 0 Å². The van der Waals surface area contributed by atoms with E-state index in [4.69, 9.17) is 11.2 Å². The van der Waals surface area contributed by atoms with Gasteiger partial charge in [0.15, 0.2) is 5.60 Å². The predicted octanol–water partition coefficient (Wildman–Crippen LogP) is 2.78. The van der Waals surface area contributed by atoms with Crippen molar-refractivity contribution in [2.75, 3.05) is 18.7 Å². The Bertz CT molecular complexity index is 658. The highest BCUT2D eigenvalue weighted by atomic mass is 16.5. The van der Waals surface area contributed by atoms with Crippen LogP contribution >= 0.6 is 0 Å². The van der Waals surface area contributed by atoms with E-state index in [9.17, 15) is 10.3 Å². The van der Waals surface area contributed by atoms with Gasteiger partial charge in [0.05, 0.1) is 12.8 Å². The molecule has 2 aromatic carbocycles. The summed E-state index contributed by atoms with van der Waals surface area (Å²) in [6.07, 6.45) is 5.57. The fourth-order valence-electron chi connectivity index (χ4n) is 2.22. The van der Waals surface area contributed by atoms with E-state index >= 15 is 0 Å². The van der Waals surface area contributed by atoms with E-state index < -0.39 is 5.60 Å². The molecular weight excluding hydrogens is 278 g/mol. The molecule has 0 aliphatic heterocycles. The molecule has 2 rings (SSSR count). The summed E-state index contributed by atoms with van der Waals surface area (Å²) < 4.78 is 5.11. The van der Waals surface area contributed by atoms with Crippen LogP contribution < -0.4 is 9.80 Å². The van der Waals surface area contributed by atoms with Crippen molar-refractivity contribution in [2.45, 2.75) is 12.5 Å². The quantitative estimate of drug-likeness (QED) is 0.658. The molecule has 0 saturated carbocycles. The molecular formula is C18H19NO3. The number of nitrogens with zero attached hydrogens (tertiary/aromatic N) is 1. The number of hydrogen-bond donors (Lipinski definition) is 2. The maximum atomic E-state index is 10.9. The second-order valence-corrected chi connectivity index (χ2v) is 4.85. The zero-order valence-corrected chi connectivity index (χ0v) is 12.7. The maximum Gasteiger partial charge on any atom is 0.176 e. The maximum absolute atomic E-state index is 10.9. The standard InChI is InChI=1S/C18H19NO3/c1-4-18(20,15-8-12-17(22-3)13-9-15)14-6-10-16(11-7-14)19(21)5-2/h1,6-13,20-21H,5H2,2-3H3. The molecule has 4 heteroatoms. The van der Waals surface area contributed by atoms with Crippen molar-refractivity contribution in [3.05, 3.63) is 59.7 Å². The highest BCUT2D eigenvalue weighted by Gasteiger charge is 2.29. The molecule has 1 atom stereocenters. The molecule has 0 heterocycles.